The highest BCUT2D eigenvalue weighted by Crippen LogP contribution is 2.29. The van der Waals surface area contributed by atoms with Crippen LogP contribution in [0, 0.1) is 6.92 Å². The monoisotopic (exact) mass is 489 g/mol. The zero-order valence-corrected chi connectivity index (χ0v) is 20.9. The van der Waals surface area contributed by atoms with E-state index in [0.717, 1.165) is 13.0 Å². The minimum atomic E-state index is -3.77. The first-order chi connectivity index (χ1) is 16.3. The van der Waals surface area contributed by atoms with E-state index in [9.17, 15) is 13.2 Å². The van der Waals surface area contributed by atoms with Crippen molar-refractivity contribution in [3.05, 3.63) is 34.1 Å². The van der Waals surface area contributed by atoms with E-state index in [2.05, 4.69) is 31.9 Å². The first kappa shape index (κ1) is 24.3. The number of nitrogens with zero attached hydrogens (tertiary/aromatic N) is 6. The summed E-state index contributed by atoms with van der Waals surface area (Å²) in [5, 5.41) is 4.61. The number of aromatic nitrogens is 5. The Morgan fingerprint density at radius 3 is 2.53 bits per heavy atom. The van der Waals surface area contributed by atoms with Gasteiger partial charge in [0.2, 0.25) is 15.9 Å². The molecule has 1 aliphatic heterocycles. The van der Waals surface area contributed by atoms with Crippen molar-refractivity contribution in [3.8, 4) is 17.3 Å². The first-order valence-electron chi connectivity index (χ1n) is 11.6. The average Bonchev–Trinajstić information content (AvgIpc) is 3.15. The van der Waals surface area contributed by atoms with E-state index in [0.29, 0.717) is 61.8 Å². The van der Waals surface area contributed by atoms with Crippen LogP contribution in [-0.2, 0) is 16.4 Å². The second kappa shape index (κ2) is 9.80. The zero-order valence-electron chi connectivity index (χ0n) is 20.0. The largest absolute Gasteiger partial charge is 0.477 e. The molecule has 34 heavy (non-hydrogen) atoms. The maximum Gasteiger partial charge on any atom is 0.277 e. The number of likely N-dealkylation sites (N-methyl/N-ethyl adjacent to an activating group) is 1. The standard InChI is InChI=1S/C22H31N7O4S/c1-5-8-18-24-15(4)19-21(30)25-20(26-29(18)19)17-13-16(14-23-22(17)33-7-3)34(31,32)28-11-9-27(6-2)10-12-28/h13-14H,5-12H2,1-4H3,(H,25,26,30). The fraction of sp³-hybridized carbons (Fsp3) is 0.545. The lowest BCUT2D eigenvalue weighted by molar-refractivity contribution is 0.196. The Balaban J connectivity index is 1.82. The van der Waals surface area contributed by atoms with E-state index in [1.807, 2.05) is 6.92 Å². The SMILES string of the molecule is CCCc1nc(C)c2c(=O)[nH]c(-c3cc(S(=O)(=O)N4CCN(CC)CC4)cnc3OCC)nn12. The number of pyridine rings is 1. The number of ether oxygens (including phenoxy) is 1. The van der Waals surface area contributed by atoms with E-state index in [4.69, 9.17) is 4.74 Å². The number of sulfonamides is 1. The van der Waals surface area contributed by atoms with Crippen LogP contribution in [0.1, 0.15) is 38.7 Å². The molecule has 0 saturated carbocycles. The zero-order chi connectivity index (χ0) is 24.5. The minimum absolute atomic E-state index is 0.0363. The quantitative estimate of drug-likeness (QED) is 0.504. The summed E-state index contributed by atoms with van der Waals surface area (Å²) in [5.74, 6) is 1.05. The Kier molecular flexibility index (Phi) is 7.01. The molecule has 0 amide bonds. The van der Waals surface area contributed by atoms with Crippen LogP contribution in [0.25, 0.3) is 16.9 Å². The van der Waals surface area contributed by atoms with Gasteiger partial charge in [0.1, 0.15) is 10.7 Å². The molecule has 0 aromatic carbocycles. The number of rotatable bonds is 8. The van der Waals surface area contributed by atoms with Crippen molar-refractivity contribution in [2.24, 2.45) is 0 Å². The number of fused-ring (bicyclic) bond motifs is 1. The van der Waals surface area contributed by atoms with E-state index in [1.54, 1.807) is 13.8 Å². The van der Waals surface area contributed by atoms with Crippen LogP contribution in [0.15, 0.2) is 22.0 Å². The molecule has 0 unspecified atom stereocenters. The first-order valence-corrected chi connectivity index (χ1v) is 13.1. The van der Waals surface area contributed by atoms with Crippen molar-refractivity contribution >= 4 is 15.5 Å². The predicted molar refractivity (Wildman–Crippen MR) is 128 cm³/mol. The maximum absolute atomic E-state index is 13.4. The highest BCUT2D eigenvalue weighted by atomic mass is 32.2. The molecule has 0 bridgehead atoms. The lowest BCUT2D eigenvalue weighted by Crippen LogP contribution is -2.48. The number of aryl methyl sites for hydroxylation is 2. The molecule has 4 rings (SSSR count). The van der Waals surface area contributed by atoms with Crippen LogP contribution in [0.4, 0.5) is 0 Å². The van der Waals surface area contributed by atoms with Gasteiger partial charge in [-0.25, -0.2) is 22.9 Å². The minimum Gasteiger partial charge on any atom is -0.477 e. The van der Waals surface area contributed by atoms with Crippen molar-refractivity contribution in [2.75, 3.05) is 39.3 Å². The Hall–Kier alpha value is -2.83. The van der Waals surface area contributed by atoms with Gasteiger partial charge in [-0.2, -0.15) is 4.31 Å². The summed E-state index contributed by atoms with van der Waals surface area (Å²) >= 11 is 0. The smallest absolute Gasteiger partial charge is 0.277 e. The maximum atomic E-state index is 13.4. The molecule has 4 heterocycles. The third-order valence-electron chi connectivity index (χ3n) is 5.99. The van der Waals surface area contributed by atoms with Crippen molar-refractivity contribution in [1.29, 1.82) is 0 Å². The van der Waals surface area contributed by atoms with Crippen LogP contribution < -0.4 is 10.3 Å². The van der Waals surface area contributed by atoms with Gasteiger partial charge in [-0.05, 0) is 32.9 Å². The van der Waals surface area contributed by atoms with Crippen LogP contribution in [0.2, 0.25) is 0 Å². The number of piperazine rings is 1. The summed E-state index contributed by atoms with van der Waals surface area (Å²) in [4.78, 5) is 26.7. The molecule has 0 spiro atoms. The fourth-order valence-electron chi connectivity index (χ4n) is 4.17. The normalized spacial score (nSPS) is 15.8. The van der Waals surface area contributed by atoms with Gasteiger partial charge in [-0.1, -0.05) is 13.8 Å². The Labute approximate surface area is 198 Å². The van der Waals surface area contributed by atoms with Gasteiger partial charge in [-0.3, -0.25) is 4.79 Å². The van der Waals surface area contributed by atoms with Gasteiger partial charge >= 0.3 is 0 Å². The second-order valence-corrected chi connectivity index (χ2v) is 10.2. The molecule has 0 radical (unpaired) electrons. The number of nitrogens with one attached hydrogen (secondary N) is 1. The molecular weight excluding hydrogens is 458 g/mol. The molecule has 0 aliphatic carbocycles. The van der Waals surface area contributed by atoms with Gasteiger partial charge in [0.25, 0.3) is 5.56 Å². The second-order valence-electron chi connectivity index (χ2n) is 8.22. The number of aromatic amines is 1. The summed E-state index contributed by atoms with van der Waals surface area (Å²) < 4.78 is 35.4. The molecular formula is C22H31N7O4S. The van der Waals surface area contributed by atoms with Crippen LogP contribution in [0.3, 0.4) is 0 Å². The number of hydrogen-bond acceptors (Lipinski definition) is 8. The summed E-state index contributed by atoms with van der Waals surface area (Å²) in [6.07, 6.45) is 2.79. The van der Waals surface area contributed by atoms with Gasteiger partial charge in [0.15, 0.2) is 11.3 Å². The van der Waals surface area contributed by atoms with Gasteiger partial charge < -0.3 is 14.6 Å². The van der Waals surface area contributed by atoms with Crippen molar-refractivity contribution in [2.45, 2.75) is 45.4 Å². The fourth-order valence-corrected chi connectivity index (χ4v) is 5.57. The molecule has 11 nitrogen and oxygen atoms in total. The van der Waals surface area contributed by atoms with Crippen molar-refractivity contribution in [3.63, 3.8) is 0 Å². The molecule has 0 atom stereocenters. The highest BCUT2D eigenvalue weighted by Gasteiger charge is 2.30. The summed E-state index contributed by atoms with van der Waals surface area (Å²) in [6, 6.07) is 1.48. The number of hydrogen-bond donors (Lipinski definition) is 1. The van der Waals surface area contributed by atoms with Gasteiger partial charge in [-0.15, -0.1) is 5.10 Å². The molecule has 3 aromatic rings. The Morgan fingerprint density at radius 2 is 1.88 bits per heavy atom. The molecule has 1 saturated heterocycles. The van der Waals surface area contributed by atoms with E-state index >= 15 is 0 Å². The molecule has 1 fully saturated rings. The lowest BCUT2D eigenvalue weighted by atomic mass is 10.2. The summed E-state index contributed by atoms with van der Waals surface area (Å²) in [5.41, 5.74) is 0.914. The van der Waals surface area contributed by atoms with Crippen molar-refractivity contribution < 1.29 is 13.2 Å². The van der Waals surface area contributed by atoms with Gasteiger partial charge in [0.05, 0.1) is 24.1 Å². The Bertz CT molecular complexity index is 1340. The molecule has 3 aromatic heterocycles. The highest BCUT2D eigenvalue weighted by molar-refractivity contribution is 7.89. The van der Waals surface area contributed by atoms with E-state index in [-0.39, 0.29) is 22.2 Å². The summed E-state index contributed by atoms with van der Waals surface area (Å²) in [7, 11) is -3.77. The third-order valence-corrected chi connectivity index (χ3v) is 7.86. The van der Waals surface area contributed by atoms with Crippen molar-refractivity contribution in [1.82, 2.24) is 33.8 Å². The lowest BCUT2D eigenvalue weighted by Gasteiger charge is -2.33. The average molecular weight is 490 g/mol. The number of H-pyrrole nitrogens is 1. The van der Waals surface area contributed by atoms with E-state index in [1.165, 1.54) is 21.1 Å². The van der Waals surface area contributed by atoms with Crippen LogP contribution >= 0.6 is 0 Å². The predicted octanol–water partition coefficient (Wildman–Crippen LogP) is 1.47. The third kappa shape index (κ3) is 4.44. The topological polar surface area (TPSA) is 126 Å². The molecule has 184 valence electrons. The molecule has 12 heteroatoms. The molecule has 1 aliphatic rings. The number of imidazole rings is 1. The summed E-state index contributed by atoms with van der Waals surface area (Å²) in [6.45, 7) is 11.0. The van der Waals surface area contributed by atoms with Crippen LogP contribution in [0.5, 0.6) is 5.88 Å². The molecule has 1 N–H and O–H groups in total. The Morgan fingerprint density at radius 1 is 1.15 bits per heavy atom. The van der Waals surface area contributed by atoms with Gasteiger partial charge in [0, 0.05) is 32.6 Å². The van der Waals surface area contributed by atoms with E-state index < -0.39 is 10.0 Å². The van der Waals surface area contributed by atoms with Crippen LogP contribution in [-0.4, -0.2) is 81.5 Å².